The fourth-order valence-corrected chi connectivity index (χ4v) is 3.03. The average molecular weight is 412 g/mol. The predicted octanol–water partition coefficient (Wildman–Crippen LogP) is 4.34. The van der Waals surface area contributed by atoms with Gasteiger partial charge in [0.25, 0.3) is 11.1 Å². The number of carbonyl (C=O) groups is 1. The first-order valence-corrected chi connectivity index (χ1v) is 9.57. The minimum absolute atomic E-state index is 0.0799. The Morgan fingerprint density at radius 3 is 2.69 bits per heavy atom. The number of para-hydroxylation sites is 2. The third-order valence-electron chi connectivity index (χ3n) is 3.86. The highest BCUT2D eigenvalue weighted by molar-refractivity contribution is 8.00. The molecule has 2 aromatic carbocycles. The molecular formula is C20H17FN4O3S. The maximum atomic E-state index is 13.7. The van der Waals surface area contributed by atoms with Crippen molar-refractivity contribution in [2.24, 2.45) is 0 Å². The Bertz CT molecular complexity index is 1050. The van der Waals surface area contributed by atoms with E-state index in [0.717, 1.165) is 11.8 Å². The van der Waals surface area contributed by atoms with Crippen molar-refractivity contribution in [3.8, 4) is 11.8 Å². The lowest BCUT2D eigenvalue weighted by atomic mass is 10.2. The first kappa shape index (κ1) is 20.4. The van der Waals surface area contributed by atoms with Crippen LogP contribution in [0.1, 0.15) is 31.4 Å². The number of nitriles is 1. The normalized spacial score (nSPS) is 12.6. The third kappa shape index (κ3) is 5.12. The minimum Gasteiger partial charge on any atom is -0.478 e. The van der Waals surface area contributed by atoms with Crippen molar-refractivity contribution in [1.29, 1.82) is 5.26 Å². The van der Waals surface area contributed by atoms with E-state index in [1.54, 1.807) is 50.2 Å². The zero-order chi connectivity index (χ0) is 20.8. The Balaban J connectivity index is 1.61. The summed E-state index contributed by atoms with van der Waals surface area (Å²) in [6.07, 6.45) is -0.666. The highest BCUT2D eigenvalue weighted by atomic mass is 32.2. The molecule has 2 atom stereocenters. The summed E-state index contributed by atoms with van der Waals surface area (Å²) >= 11 is 1.07. The number of rotatable bonds is 7. The Labute approximate surface area is 170 Å². The molecule has 148 valence electrons. The highest BCUT2D eigenvalue weighted by Crippen LogP contribution is 2.28. The van der Waals surface area contributed by atoms with Gasteiger partial charge in [0.2, 0.25) is 5.91 Å². The monoisotopic (exact) mass is 412 g/mol. The Kier molecular flexibility index (Phi) is 6.46. The molecule has 0 radical (unpaired) electrons. The van der Waals surface area contributed by atoms with E-state index >= 15 is 0 Å². The lowest BCUT2D eigenvalue weighted by molar-refractivity contribution is -0.115. The summed E-state index contributed by atoms with van der Waals surface area (Å²) in [5.41, 5.74) is 0.808. The molecule has 0 unspecified atom stereocenters. The highest BCUT2D eigenvalue weighted by Gasteiger charge is 2.22. The fraction of sp³-hybridized carbons (Fsp3) is 0.200. The molecule has 29 heavy (non-hydrogen) atoms. The molecule has 0 aliphatic rings. The molecule has 3 rings (SSSR count). The number of nitrogens with zero attached hydrogens (tertiary/aromatic N) is 3. The zero-order valence-corrected chi connectivity index (χ0v) is 16.4. The number of hydrogen-bond donors (Lipinski definition) is 1. The van der Waals surface area contributed by atoms with Gasteiger partial charge in [0.05, 0.1) is 16.5 Å². The summed E-state index contributed by atoms with van der Waals surface area (Å²) < 4.78 is 24.7. The smallest absolute Gasteiger partial charge is 0.277 e. The van der Waals surface area contributed by atoms with Crippen LogP contribution < -0.4 is 10.1 Å². The van der Waals surface area contributed by atoms with E-state index < -0.39 is 17.2 Å². The van der Waals surface area contributed by atoms with Crippen molar-refractivity contribution in [1.82, 2.24) is 10.2 Å². The molecule has 0 aliphatic heterocycles. The van der Waals surface area contributed by atoms with Gasteiger partial charge < -0.3 is 14.5 Å². The zero-order valence-electron chi connectivity index (χ0n) is 15.6. The molecule has 0 saturated carbocycles. The van der Waals surface area contributed by atoms with Crippen LogP contribution in [0.4, 0.5) is 10.1 Å². The van der Waals surface area contributed by atoms with Gasteiger partial charge in [-0.25, -0.2) is 4.39 Å². The molecule has 0 saturated heterocycles. The van der Waals surface area contributed by atoms with Gasteiger partial charge in [0.15, 0.2) is 17.7 Å². The maximum absolute atomic E-state index is 13.7. The number of ether oxygens (including phenoxy) is 1. The summed E-state index contributed by atoms with van der Waals surface area (Å²) in [6, 6.07) is 14.8. The van der Waals surface area contributed by atoms with Crippen molar-refractivity contribution in [2.75, 3.05) is 5.32 Å². The molecule has 0 spiro atoms. The number of aromatic nitrogens is 2. The maximum Gasteiger partial charge on any atom is 0.277 e. The van der Waals surface area contributed by atoms with Crippen molar-refractivity contribution in [3.63, 3.8) is 0 Å². The molecule has 1 heterocycles. The van der Waals surface area contributed by atoms with E-state index in [2.05, 4.69) is 15.5 Å². The molecule has 0 aliphatic carbocycles. The van der Waals surface area contributed by atoms with Crippen molar-refractivity contribution in [2.45, 2.75) is 30.4 Å². The Hall–Kier alpha value is -3.38. The number of amides is 1. The van der Waals surface area contributed by atoms with Crippen LogP contribution in [0.2, 0.25) is 0 Å². The molecular weight excluding hydrogens is 395 g/mol. The van der Waals surface area contributed by atoms with Crippen molar-refractivity contribution in [3.05, 3.63) is 65.8 Å². The van der Waals surface area contributed by atoms with Gasteiger partial charge in [-0.3, -0.25) is 4.79 Å². The summed E-state index contributed by atoms with van der Waals surface area (Å²) in [6.45, 7) is 3.33. The largest absolute Gasteiger partial charge is 0.478 e. The van der Waals surface area contributed by atoms with Crippen LogP contribution in [0.15, 0.2) is 58.2 Å². The number of hydrogen-bond acceptors (Lipinski definition) is 7. The lowest BCUT2D eigenvalue weighted by Gasteiger charge is -2.12. The van der Waals surface area contributed by atoms with Crippen LogP contribution in [0.3, 0.4) is 0 Å². The van der Waals surface area contributed by atoms with Gasteiger partial charge in [0, 0.05) is 0 Å². The second-order valence-corrected chi connectivity index (χ2v) is 7.30. The van der Waals surface area contributed by atoms with Gasteiger partial charge in [-0.1, -0.05) is 36.0 Å². The molecule has 3 aromatic rings. The van der Waals surface area contributed by atoms with Crippen LogP contribution in [0, 0.1) is 17.1 Å². The van der Waals surface area contributed by atoms with E-state index in [0.29, 0.717) is 11.3 Å². The van der Waals surface area contributed by atoms with Crippen LogP contribution >= 0.6 is 11.8 Å². The molecule has 9 heteroatoms. The van der Waals surface area contributed by atoms with E-state index in [4.69, 9.17) is 14.4 Å². The van der Waals surface area contributed by atoms with Gasteiger partial charge in [-0.2, -0.15) is 5.26 Å². The molecule has 0 bridgehead atoms. The number of nitrogens with one attached hydrogen (secondary N) is 1. The number of benzene rings is 2. The summed E-state index contributed by atoms with van der Waals surface area (Å²) in [7, 11) is 0. The van der Waals surface area contributed by atoms with E-state index in [1.165, 1.54) is 12.1 Å². The van der Waals surface area contributed by atoms with Gasteiger partial charge in [-0.05, 0) is 38.1 Å². The Morgan fingerprint density at radius 1 is 1.21 bits per heavy atom. The number of halogens is 1. The second-order valence-electron chi connectivity index (χ2n) is 6.00. The molecule has 1 aromatic heterocycles. The molecule has 1 amide bonds. The van der Waals surface area contributed by atoms with Crippen molar-refractivity contribution >= 4 is 23.4 Å². The molecule has 7 nitrogen and oxygen atoms in total. The summed E-state index contributed by atoms with van der Waals surface area (Å²) in [5.74, 6) is -0.556. The van der Waals surface area contributed by atoms with Crippen molar-refractivity contribution < 1.29 is 18.3 Å². The molecule has 1 N–H and O–H groups in total. The standard InChI is InChI=1S/C20H17FN4O3S/c1-12(27-17-10-6-4-8-15(17)21)19-24-25-20(28-19)29-13(2)18(26)23-16-9-5-3-7-14(16)11-22/h3-10,12-13H,1-2H3,(H,23,26)/t12-,13+/m0/s1. The quantitative estimate of drug-likeness (QED) is 0.576. The van der Waals surface area contributed by atoms with Gasteiger partial charge in [-0.15, -0.1) is 10.2 Å². The average Bonchev–Trinajstić information content (AvgIpc) is 3.18. The first-order valence-electron chi connectivity index (χ1n) is 8.69. The van der Waals surface area contributed by atoms with Crippen LogP contribution in [-0.4, -0.2) is 21.4 Å². The Morgan fingerprint density at radius 2 is 1.93 bits per heavy atom. The fourth-order valence-electron chi connectivity index (χ4n) is 2.34. The van der Waals surface area contributed by atoms with E-state index in [9.17, 15) is 9.18 Å². The SMILES string of the molecule is C[C@H](Oc1ccccc1F)c1nnc(S[C@H](C)C(=O)Nc2ccccc2C#N)o1. The minimum atomic E-state index is -0.666. The van der Waals surface area contributed by atoms with Gasteiger partial charge in [0.1, 0.15) is 6.07 Å². The summed E-state index contributed by atoms with van der Waals surface area (Å²) in [4.78, 5) is 12.4. The van der Waals surface area contributed by atoms with Crippen LogP contribution in [0.25, 0.3) is 0 Å². The second kappa shape index (κ2) is 9.21. The third-order valence-corrected chi connectivity index (χ3v) is 4.80. The first-order chi connectivity index (χ1) is 14.0. The summed E-state index contributed by atoms with van der Waals surface area (Å²) in [5, 5.41) is 19.3. The van der Waals surface area contributed by atoms with Gasteiger partial charge >= 0.3 is 0 Å². The van der Waals surface area contributed by atoms with Crippen LogP contribution in [0.5, 0.6) is 5.75 Å². The van der Waals surface area contributed by atoms with Crippen LogP contribution in [-0.2, 0) is 4.79 Å². The number of anilines is 1. The lowest BCUT2D eigenvalue weighted by Crippen LogP contribution is -2.22. The molecule has 0 fully saturated rings. The van der Waals surface area contributed by atoms with E-state index in [1.807, 2.05) is 6.07 Å². The number of carbonyl (C=O) groups excluding carboxylic acids is 1. The van der Waals surface area contributed by atoms with E-state index in [-0.39, 0.29) is 22.8 Å². The predicted molar refractivity (Wildman–Crippen MR) is 105 cm³/mol. The topological polar surface area (TPSA) is 101 Å². The number of thioether (sulfide) groups is 1.